The van der Waals surface area contributed by atoms with Crippen LogP contribution in [0.2, 0.25) is 5.02 Å². The number of nitrogens with zero attached hydrogens (tertiary/aromatic N) is 4. The Balaban J connectivity index is 1.29. The van der Waals surface area contributed by atoms with Gasteiger partial charge in [-0.25, -0.2) is 18.7 Å². The zero-order valence-electron chi connectivity index (χ0n) is 24.1. The summed E-state index contributed by atoms with van der Waals surface area (Å²) in [5.74, 6) is -1.52. The summed E-state index contributed by atoms with van der Waals surface area (Å²) in [4.78, 5) is 26.6. The molecule has 1 atom stereocenters. The third-order valence-corrected chi connectivity index (χ3v) is 7.99. The Morgan fingerprint density at radius 1 is 1.04 bits per heavy atom. The molecular formula is C32H27ClF5N7O. The van der Waals surface area contributed by atoms with Crippen LogP contribution in [0.25, 0.3) is 22.6 Å². The van der Waals surface area contributed by atoms with Crippen LogP contribution in [0, 0.1) is 17.6 Å². The Labute approximate surface area is 265 Å². The molecule has 6 rings (SSSR count). The number of piperidine rings is 1. The van der Waals surface area contributed by atoms with Gasteiger partial charge in [-0.2, -0.15) is 18.2 Å². The van der Waals surface area contributed by atoms with Gasteiger partial charge in [-0.15, -0.1) is 0 Å². The van der Waals surface area contributed by atoms with E-state index in [0.717, 1.165) is 50.2 Å². The maximum atomic E-state index is 13.7. The SMILES string of the molecule is O=C(Nc1ccc(-c2nc3cnc(NCc4ccc(F)c(F)c4)nc3n2C[C@@H]2CCCNC2)c(Cl)c1)c1cccc(C(F)(F)F)c1. The topological polar surface area (TPSA) is 96.8 Å². The maximum Gasteiger partial charge on any atom is 0.416 e. The van der Waals surface area contributed by atoms with Gasteiger partial charge < -0.3 is 20.5 Å². The van der Waals surface area contributed by atoms with Crippen molar-refractivity contribution < 1.29 is 26.7 Å². The molecule has 1 amide bonds. The highest BCUT2D eigenvalue weighted by molar-refractivity contribution is 6.33. The number of anilines is 2. The molecule has 46 heavy (non-hydrogen) atoms. The molecule has 0 unspecified atom stereocenters. The summed E-state index contributed by atoms with van der Waals surface area (Å²) in [5, 5.41) is 9.32. The third kappa shape index (κ3) is 6.95. The molecule has 5 aromatic rings. The molecule has 1 aliphatic heterocycles. The zero-order valence-corrected chi connectivity index (χ0v) is 24.9. The monoisotopic (exact) mass is 655 g/mol. The molecular weight excluding hydrogens is 629 g/mol. The van der Waals surface area contributed by atoms with E-state index in [1.54, 1.807) is 18.3 Å². The lowest BCUT2D eigenvalue weighted by Crippen LogP contribution is -2.32. The molecule has 3 aromatic carbocycles. The Kier molecular flexibility index (Phi) is 8.87. The van der Waals surface area contributed by atoms with Crippen molar-refractivity contribution in [1.82, 2.24) is 24.8 Å². The first-order chi connectivity index (χ1) is 22.0. The van der Waals surface area contributed by atoms with Gasteiger partial charge >= 0.3 is 6.18 Å². The smallest absolute Gasteiger partial charge is 0.350 e. The molecule has 1 saturated heterocycles. The first-order valence-electron chi connectivity index (χ1n) is 14.5. The predicted molar refractivity (Wildman–Crippen MR) is 164 cm³/mol. The first-order valence-corrected chi connectivity index (χ1v) is 14.8. The van der Waals surface area contributed by atoms with Gasteiger partial charge in [0.15, 0.2) is 17.3 Å². The molecule has 14 heteroatoms. The largest absolute Gasteiger partial charge is 0.416 e. The number of alkyl halides is 3. The fourth-order valence-corrected chi connectivity index (χ4v) is 5.63. The van der Waals surface area contributed by atoms with Crippen molar-refractivity contribution in [2.24, 2.45) is 5.92 Å². The number of benzene rings is 3. The standard InChI is InChI=1S/C32H27ClF5N7O/c33-24-13-22(42-30(46)20-4-1-5-21(12-20)32(36,37)38)7-8-23(24)28-43-27-16-41-31(40-15-18-6-9-25(34)26(35)11-18)44-29(27)45(28)17-19-3-2-10-39-14-19/h1,4-9,11-13,16,19,39H,2-3,10,14-15,17H2,(H,42,46)(H,40,41,44)/t19-/m1/s1. The Hall–Kier alpha value is -4.62. The van der Waals surface area contributed by atoms with Crippen molar-refractivity contribution >= 4 is 40.3 Å². The quantitative estimate of drug-likeness (QED) is 0.152. The fourth-order valence-electron chi connectivity index (χ4n) is 5.37. The average Bonchev–Trinajstić information content (AvgIpc) is 3.38. The fraction of sp³-hybridized carbons (Fsp3) is 0.250. The number of hydrogen-bond acceptors (Lipinski definition) is 6. The number of fused-ring (bicyclic) bond motifs is 1. The van der Waals surface area contributed by atoms with Gasteiger partial charge in [0.1, 0.15) is 11.3 Å². The molecule has 1 fully saturated rings. The van der Waals surface area contributed by atoms with Gasteiger partial charge in [0.05, 0.1) is 16.8 Å². The van der Waals surface area contributed by atoms with Crippen molar-refractivity contribution in [2.45, 2.75) is 32.1 Å². The molecule has 238 valence electrons. The summed E-state index contributed by atoms with van der Waals surface area (Å²) in [7, 11) is 0. The van der Waals surface area contributed by atoms with E-state index in [-0.39, 0.29) is 29.0 Å². The van der Waals surface area contributed by atoms with Crippen LogP contribution in [0.1, 0.15) is 34.3 Å². The van der Waals surface area contributed by atoms with E-state index in [9.17, 15) is 26.7 Å². The van der Waals surface area contributed by atoms with Crippen LogP contribution in [-0.4, -0.2) is 38.5 Å². The maximum absolute atomic E-state index is 13.7. The minimum atomic E-state index is -4.58. The third-order valence-electron chi connectivity index (χ3n) is 7.68. The lowest BCUT2D eigenvalue weighted by Gasteiger charge is -2.24. The molecule has 3 heterocycles. The van der Waals surface area contributed by atoms with E-state index in [2.05, 4.69) is 20.9 Å². The summed E-state index contributed by atoms with van der Waals surface area (Å²) in [6.45, 7) is 2.48. The molecule has 0 saturated carbocycles. The number of imidazole rings is 1. The van der Waals surface area contributed by atoms with Crippen LogP contribution in [0.15, 0.2) is 66.9 Å². The highest BCUT2D eigenvalue weighted by atomic mass is 35.5. The van der Waals surface area contributed by atoms with Gasteiger partial charge in [0.2, 0.25) is 5.95 Å². The summed E-state index contributed by atoms with van der Waals surface area (Å²) in [5.41, 5.74) is 1.33. The number of hydrogen-bond donors (Lipinski definition) is 3. The van der Waals surface area contributed by atoms with Gasteiger partial charge in [0, 0.05) is 29.9 Å². The summed E-state index contributed by atoms with van der Waals surface area (Å²) >= 11 is 6.72. The molecule has 3 N–H and O–H groups in total. The van der Waals surface area contributed by atoms with Crippen molar-refractivity contribution in [3.8, 4) is 11.4 Å². The van der Waals surface area contributed by atoms with E-state index < -0.39 is 29.3 Å². The predicted octanol–water partition coefficient (Wildman–Crippen LogP) is 7.31. The van der Waals surface area contributed by atoms with Crippen LogP contribution >= 0.6 is 11.6 Å². The highest BCUT2D eigenvalue weighted by Gasteiger charge is 2.31. The van der Waals surface area contributed by atoms with E-state index >= 15 is 0 Å². The lowest BCUT2D eigenvalue weighted by molar-refractivity contribution is -0.137. The van der Waals surface area contributed by atoms with E-state index in [0.29, 0.717) is 40.3 Å². The summed E-state index contributed by atoms with van der Waals surface area (Å²) in [6, 6.07) is 12.6. The highest BCUT2D eigenvalue weighted by Crippen LogP contribution is 2.34. The van der Waals surface area contributed by atoms with E-state index in [1.165, 1.54) is 24.3 Å². The second kappa shape index (κ2) is 13.0. The molecule has 2 aromatic heterocycles. The second-order valence-corrected chi connectivity index (χ2v) is 11.4. The zero-order chi connectivity index (χ0) is 32.4. The number of nitrogens with one attached hydrogen (secondary N) is 3. The molecule has 0 radical (unpaired) electrons. The van der Waals surface area contributed by atoms with Gasteiger partial charge in [-0.05, 0) is 85.9 Å². The van der Waals surface area contributed by atoms with Crippen LogP contribution in [0.4, 0.5) is 33.6 Å². The van der Waals surface area contributed by atoms with Crippen LogP contribution < -0.4 is 16.0 Å². The Morgan fingerprint density at radius 2 is 1.89 bits per heavy atom. The van der Waals surface area contributed by atoms with Gasteiger partial charge in [-0.1, -0.05) is 23.7 Å². The first kappa shape index (κ1) is 31.4. The lowest BCUT2D eigenvalue weighted by atomic mass is 9.99. The van der Waals surface area contributed by atoms with Gasteiger partial charge in [-0.3, -0.25) is 4.79 Å². The number of carbonyl (C=O) groups is 1. The average molecular weight is 656 g/mol. The Morgan fingerprint density at radius 3 is 2.63 bits per heavy atom. The van der Waals surface area contributed by atoms with Crippen molar-refractivity contribution in [2.75, 3.05) is 23.7 Å². The second-order valence-electron chi connectivity index (χ2n) is 11.0. The molecule has 1 aliphatic rings. The summed E-state index contributed by atoms with van der Waals surface area (Å²) in [6.07, 6.45) is -1.01. The van der Waals surface area contributed by atoms with Crippen molar-refractivity contribution in [1.29, 1.82) is 0 Å². The molecule has 8 nitrogen and oxygen atoms in total. The van der Waals surface area contributed by atoms with E-state index in [4.69, 9.17) is 21.6 Å². The molecule has 0 spiro atoms. The van der Waals surface area contributed by atoms with Crippen LogP contribution in [0.5, 0.6) is 0 Å². The van der Waals surface area contributed by atoms with E-state index in [1.807, 2.05) is 4.57 Å². The summed E-state index contributed by atoms with van der Waals surface area (Å²) < 4.78 is 68.4. The molecule has 0 bridgehead atoms. The van der Waals surface area contributed by atoms with Gasteiger partial charge in [0.25, 0.3) is 5.91 Å². The number of carbonyl (C=O) groups excluding carboxylic acids is 1. The number of aromatic nitrogens is 4. The van der Waals surface area contributed by atoms with Crippen molar-refractivity contribution in [3.63, 3.8) is 0 Å². The van der Waals surface area contributed by atoms with Crippen LogP contribution in [0.3, 0.4) is 0 Å². The minimum Gasteiger partial charge on any atom is -0.350 e. The number of rotatable bonds is 8. The normalized spacial score (nSPS) is 15.2. The number of amides is 1. The van der Waals surface area contributed by atoms with Crippen molar-refractivity contribution in [3.05, 3.63) is 100 Å². The van der Waals surface area contributed by atoms with Crippen LogP contribution in [-0.2, 0) is 19.3 Å². The number of halogens is 6. The minimum absolute atomic E-state index is 0.148. The molecule has 0 aliphatic carbocycles. The Bertz CT molecular complexity index is 1910.